The summed E-state index contributed by atoms with van der Waals surface area (Å²) in [5.41, 5.74) is 0. The van der Waals surface area contributed by atoms with Gasteiger partial charge in [-0.3, -0.25) is 23.4 Å². The summed E-state index contributed by atoms with van der Waals surface area (Å²) in [7, 11) is -4.79. The molecule has 0 aliphatic carbocycles. The lowest BCUT2D eigenvalue weighted by atomic mass is 10.1. The number of allylic oxidation sites excluding steroid dienone is 26. The normalized spacial score (nSPS) is 14.5. The molecule has 0 spiro atoms. The van der Waals surface area contributed by atoms with Crippen LogP contribution in [-0.2, 0) is 42.2 Å². The van der Waals surface area contributed by atoms with Gasteiger partial charge in [-0.2, -0.15) is 0 Å². The van der Waals surface area contributed by atoms with Gasteiger partial charge < -0.3 is 24.2 Å². The summed E-state index contributed by atoms with van der Waals surface area (Å²) in [6, 6.07) is 0. The summed E-state index contributed by atoms with van der Waals surface area (Å²) >= 11 is 0. The molecule has 0 rings (SSSR count). The minimum atomic E-state index is -4.79. The molecular formula is C66H103O11P. The van der Waals surface area contributed by atoms with E-state index in [4.69, 9.17) is 23.3 Å². The molecule has 2 N–H and O–H groups in total. The molecule has 0 amide bonds. The number of carbonyl (C=O) groups excluding carboxylic acids is 3. The maximum absolute atomic E-state index is 12.9. The van der Waals surface area contributed by atoms with Crippen LogP contribution in [0.25, 0.3) is 0 Å². The van der Waals surface area contributed by atoms with E-state index in [-0.39, 0.29) is 19.3 Å². The van der Waals surface area contributed by atoms with Crippen LogP contribution in [0.1, 0.15) is 201 Å². The van der Waals surface area contributed by atoms with Gasteiger partial charge in [0, 0.05) is 19.3 Å². The number of aliphatic hydroxyl groups is 1. The molecule has 0 fully saturated rings. The minimum absolute atomic E-state index is 0.0876. The molecule has 0 radical (unpaired) electrons. The van der Waals surface area contributed by atoms with Gasteiger partial charge in [0.15, 0.2) is 6.10 Å². The van der Waals surface area contributed by atoms with Gasteiger partial charge in [0.2, 0.25) is 0 Å². The van der Waals surface area contributed by atoms with E-state index in [2.05, 4.69) is 167 Å². The minimum Gasteiger partial charge on any atom is -0.462 e. The zero-order valence-corrected chi connectivity index (χ0v) is 49.2. The fourth-order valence-corrected chi connectivity index (χ4v) is 7.88. The molecule has 0 aliphatic heterocycles. The highest BCUT2D eigenvalue weighted by Gasteiger charge is 2.28. The van der Waals surface area contributed by atoms with E-state index in [0.29, 0.717) is 19.3 Å². The van der Waals surface area contributed by atoms with Crippen molar-refractivity contribution in [3.05, 3.63) is 158 Å². The van der Waals surface area contributed by atoms with Crippen molar-refractivity contribution in [2.75, 3.05) is 26.4 Å². The molecule has 0 saturated heterocycles. The molecule has 11 nitrogen and oxygen atoms in total. The largest absolute Gasteiger partial charge is 0.472 e. The van der Waals surface area contributed by atoms with Crippen LogP contribution in [0.2, 0.25) is 0 Å². The average molecular weight is 1100 g/mol. The average Bonchev–Trinajstić information content (AvgIpc) is 3.43. The molecule has 0 aromatic carbocycles. The van der Waals surface area contributed by atoms with E-state index in [0.717, 1.165) is 141 Å². The van der Waals surface area contributed by atoms with Crippen LogP contribution in [0.15, 0.2) is 158 Å². The van der Waals surface area contributed by atoms with E-state index >= 15 is 0 Å². The summed E-state index contributed by atoms with van der Waals surface area (Å²) < 4.78 is 39.4. The molecule has 0 saturated carbocycles. The predicted molar refractivity (Wildman–Crippen MR) is 325 cm³/mol. The number of rotatable bonds is 52. The van der Waals surface area contributed by atoms with Crippen molar-refractivity contribution in [2.24, 2.45) is 0 Å². The smallest absolute Gasteiger partial charge is 0.462 e. The zero-order valence-electron chi connectivity index (χ0n) is 48.3. The molecule has 0 aromatic heterocycles. The first-order chi connectivity index (χ1) is 38.2. The number of esters is 3. The Morgan fingerprint density at radius 3 is 1.03 bits per heavy atom. The van der Waals surface area contributed by atoms with Crippen LogP contribution >= 0.6 is 7.82 Å². The molecule has 438 valence electrons. The van der Waals surface area contributed by atoms with Gasteiger partial charge in [0.05, 0.1) is 19.8 Å². The number of unbranched alkanes of at least 4 members (excludes halogenated alkanes) is 9. The van der Waals surface area contributed by atoms with E-state index in [1.807, 2.05) is 12.2 Å². The summed E-state index contributed by atoms with van der Waals surface area (Å²) in [5.74, 6) is -1.64. The van der Waals surface area contributed by atoms with Gasteiger partial charge in [0.1, 0.15) is 12.7 Å². The van der Waals surface area contributed by atoms with Crippen LogP contribution in [-0.4, -0.2) is 66.5 Å². The maximum Gasteiger partial charge on any atom is 0.472 e. The van der Waals surface area contributed by atoms with E-state index in [9.17, 15) is 28.9 Å². The topological polar surface area (TPSA) is 155 Å². The lowest BCUT2D eigenvalue weighted by Gasteiger charge is -2.21. The number of carbonyl (C=O) groups is 3. The number of hydrogen-bond donors (Lipinski definition) is 2. The summed E-state index contributed by atoms with van der Waals surface area (Å²) in [4.78, 5) is 48.6. The van der Waals surface area contributed by atoms with Gasteiger partial charge in [0.25, 0.3) is 0 Å². The van der Waals surface area contributed by atoms with Gasteiger partial charge in [-0.25, -0.2) is 4.57 Å². The highest BCUT2D eigenvalue weighted by molar-refractivity contribution is 7.47. The van der Waals surface area contributed by atoms with Gasteiger partial charge >= 0.3 is 25.7 Å². The third kappa shape index (κ3) is 55.8. The summed E-state index contributed by atoms with van der Waals surface area (Å²) in [5, 5.41) is 9.83. The Morgan fingerprint density at radius 2 is 0.654 bits per heavy atom. The molecule has 3 unspecified atom stereocenters. The van der Waals surface area contributed by atoms with Crippen molar-refractivity contribution in [3.8, 4) is 0 Å². The second kappa shape index (κ2) is 58.3. The van der Waals surface area contributed by atoms with E-state index in [1.54, 1.807) is 0 Å². The summed E-state index contributed by atoms with van der Waals surface area (Å²) in [6.07, 6.45) is 76.5. The van der Waals surface area contributed by atoms with E-state index in [1.165, 1.54) is 0 Å². The van der Waals surface area contributed by atoms with Crippen LogP contribution in [0.5, 0.6) is 0 Å². The predicted octanol–water partition coefficient (Wildman–Crippen LogP) is 17.7. The number of hydrogen-bond acceptors (Lipinski definition) is 10. The fourth-order valence-electron chi connectivity index (χ4n) is 7.09. The third-order valence-electron chi connectivity index (χ3n) is 11.4. The van der Waals surface area contributed by atoms with Crippen molar-refractivity contribution in [1.29, 1.82) is 0 Å². The van der Waals surface area contributed by atoms with Crippen LogP contribution in [0.4, 0.5) is 0 Å². The van der Waals surface area contributed by atoms with Gasteiger partial charge in [-0.1, -0.05) is 211 Å². The van der Waals surface area contributed by atoms with Crippen molar-refractivity contribution in [2.45, 2.75) is 213 Å². The molecule has 3 atom stereocenters. The number of aliphatic hydroxyl groups excluding tert-OH is 1. The van der Waals surface area contributed by atoms with Crippen molar-refractivity contribution in [3.63, 3.8) is 0 Å². The highest BCUT2D eigenvalue weighted by Crippen LogP contribution is 2.43. The first-order valence-electron chi connectivity index (χ1n) is 29.4. The molecule has 12 heteroatoms. The second-order valence-electron chi connectivity index (χ2n) is 18.7. The molecule has 0 heterocycles. The molecule has 0 aromatic rings. The standard InChI is InChI=1S/C66H103O11P/c1-4-7-10-13-16-19-22-25-27-29-31-33-35-38-41-44-47-50-53-56-65(69)76-62(58-67)60-74-78(71,72)75-61-63(59-73-64(68)55-52-49-46-43-40-37-24-21-18-15-12-9-6-3)77-66(70)57-54-51-48-45-42-39-36-34-32-30-28-26-23-20-17-14-11-8-5-2/h7-12,16-21,25-28,31-34,37,39-40,42,46,49,62-63,67H,4-6,13-15,22-24,29-30,35-36,38,41,43-45,47-48,50-61H2,1-3H3,(H,71,72)/b10-7-,11-8-,12-9-,19-16-,20-17-,21-18-,27-25-,28-26-,33-31-,34-32-,40-37-,42-39-,49-46-. The Morgan fingerprint density at radius 1 is 0.359 bits per heavy atom. The number of phosphoric ester groups is 1. The molecular weight excluding hydrogens is 1000 g/mol. The Labute approximate surface area is 473 Å². The van der Waals surface area contributed by atoms with Crippen LogP contribution in [0.3, 0.4) is 0 Å². The van der Waals surface area contributed by atoms with Crippen molar-refractivity contribution >= 4 is 25.7 Å². The summed E-state index contributed by atoms with van der Waals surface area (Å²) in [6.45, 7) is 4.14. The molecule has 0 bridgehead atoms. The Hall–Kier alpha value is -4.90. The zero-order chi connectivity index (χ0) is 56.9. The molecule has 78 heavy (non-hydrogen) atoms. The number of phosphoric acid groups is 1. The van der Waals surface area contributed by atoms with Crippen molar-refractivity contribution in [1.82, 2.24) is 0 Å². The lowest BCUT2D eigenvalue weighted by Crippen LogP contribution is -2.30. The first-order valence-corrected chi connectivity index (χ1v) is 30.9. The SMILES string of the molecule is CC/C=C\C/C=C\C/C=C\C/C=C\C/C=C\CCCCCC(=O)OC(COC(=O)CC/C=C\C/C=C\C/C=C\C/C=C\CC)COP(=O)(O)OCC(CO)OC(=O)CCCCCCCC/C=C\C/C=C\C/C=C\C/C=C\CC. The molecule has 0 aliphatic rings. The maximum atomic E-state index is 12.9. The quantitative estimate of drug-likeness (QED) is 0.0197. The Balaban J connectivity index is 4.84. The first kappa shape index (κ1) is 73.1. The van der Waals surface area contributed by atoms with E-state index < -0.39 is 64.4 Å². The van der Waals surface area contributed by atoms with Crippen LogP contribution < -0.4 is 0 Å². The fraction of sp³-hybridized carbons (Fsp3) is 0.561. The monoisotopic (exact) mass is 1100 g/mol. The van der Waals surface area contributed by atoms with Gasteiger partial charge in [-0.15, -0.1) is 0 Å². The Kier molecular flexibility index (Phi) is 54.6. The second-order valence-corrected chi connectivity index (χ2v) is 20.1. The lowest BCUT2D eigenvalue weighted by molar-refractivity contribution is -0.161. The van der Waals surface area contributed by atoms with Crippen molar-refractivity contribution < 1.29 is 52.2 Å². The van der Waals surface area contributed by atoms with Gasteiger partial charge in [-0.05, 0) is 128 Å². The highest BCUT2D eigenvalue weighted by atomic mass is 31.2. The Bertz CT molecular complexity index is 1910. The van der Waals surface area contributed by atoms with Crippen LogP contribution in [0, 0.1) is 0 Å². The number of ether oxygens (including phenoxy) is 3. The third-order valence-corrected chi connectivity index (χ3v) is 12.4.